The van der Waals surface area contributed by atoms with Gasteiger partial charge in [-0.05, 0) is 37.5 Å². The van der Waals surface area contributed by atoms with E-state index in [-0.39, 0.29) is 11.8 Å². The molecule has 0 aliphatic carbocycles. The summed E-state index contributed by atoms with van der Waals surface area (Å²) in [7, 11) is 1.62. The van der Waals surface area contributed by atoms with Gasteiger partial charge >= 0.3 is 0 Å². The molecule has 8 heteroatoms. The first-order chi connectivity index (χ1) is 14.7. The van der Waals surface area contributed by atoms with Crippen LogP contribution in [-0.4, -0.2) is 51.1 Å². The Morgan fingerprint density at radius 2 is 2.27 bits per heavy atom. The smallest absolute Gasteiger partial charge is 0.226 e. The number of amides is 1. The molecule has 1 aromatic carbocycles. The predicted octanol–water partition coefficient (Wildman–Crippen LogP) is 3.26. The zero-order chi connectivity index (χ0) is 20.8. The summed E-state index contributed by atoms with van der Waals surface area (Å²) in [5.74, 6) is 2.26. The zero-order valence-electron chi connectivity index (χ0n) is 17.0. The molecule has 30 heavy (non-hydrogen) atoms. The number of nitrogens with zero attached hydrogens (tertiary/aromatic N) is 5. The highest BCUT2D eigenvalue weighted by atomic mass is 16.5. The van der Waals surface area contributed by atoms with E-state index in [1.165, 1.54) is 0 Å². The van der Waals surface area contributed by atoms with Crippen LogP contribution in [0.3, 0.4) is 0 Å². The van der Waals surface area contributed by atoms with Crippen molar-refractivity contribution in [3.8, 4) is 17.1 Å². The number of piperidine rings is 1. The summed E-state index contributed by atoms with van der Waals surface area (Å²) < 4.78 is 10.6. The van der Waals surface area contributed by atoms with Crippen molar-refractivity contribution in [1.82, 2.24) is 25.0 Å². The summed E-state index contributed by atoms with van der Waals surface area (Å²) in [6, 6.07) is 9.46. The maximum atomic E-state index is 12.7. The summed E-state index contributed by atoms with van der Waals surface area (Å²) in [5.41, 5.74) is 1.85. The maximum Gasteiger partial charge on any atom is 0.226 e. The van der Waals surface area contributed by atoms with Gasteiger partial charge in [0.25, 0.3) is 0 Å². The normalized spacial score (nSPS) is 16.4. The molecule has 1 aliphatic heterocycles. The van der Waals surface area contributed by atoms with Crippen LogP contribution in [-0.2, 0) is 11.2 Å². The van der Waals surface area contributed by atoms with Crippen LogP contribution in [0, 0.1) is 0 Å². The first kappa shape index (κ1) is 20.0. The molecule has 1 saturated heterocycles. The number of likely N-dealkylation sites (tertiary alicyclic amines) is 1. The van der Waals surface area contributed by atoms with Gasteiger partial charge in [0.1, 0.15) is 12.1 Å². The average Bonchev–Trinajstić information content (AvgIpc) is 3.29. The van der Waals surface area contributed by atoms with E-state index < -0.39 is 0 Å². The molecule has 0 bridgehead atoms. The van der Waals surface area contributed by atoms with Crippen molar-refractivity contribution >= 4 is 5.91 Å². The Kier molecular flexibility index (Phi) is 6.32. The van der Waals surface area contributed by atoms with Gasteiger partial charge in [-0.2, -0.15) is 4.98 Å². The van der Waals surface area contributed by atoms with Crippen LogP contribution in [0.15, 0.2) is 47.4 Å². The molecule has 0 radical (unpaired) electrons. The van der Waals surface area contributed by atoms with Gasteiger partial charge in [-0.1, -0.05) is 17.3 Å². The lowest BCUT2D eigenvalue weighted by atomic mass is 9.94. The SMILES string of the molecule is COc1cccc(-c2noc(CCCC(=O)N3CCC[C@@H](c4ccncn4)C3)n2)c1. The van der Waals surface area contributed by atoms with E-state index in [0.29, 0.717) is 31.0 Å². The predicted molar refractivity (Wildman–Crippen MR) is 110 cm³/mol. The highest BCUT2D eigenvalue weighted by Crippen LogP contribution is 2.26. The molecule has 3 heterocycles. The molecule has 1 fully saturated rings. The van der Waals surface area contributed by atoms with Crippen LogP contribution < -0.4 is 4.74 Å². The minimum absolute atomic E-state index is 0.168. The highest BCUT2D eigenvalue weighted by molar-refractivity contribution is 5.76. The molecule has 3 aromatic rings. The van der Waals surface area contributed by atoms with E-state index >= 15 is 0 Å². The van der Waals surface area contributed by atoms with E-state index in [1.54, 1.807) is 19.6 Å². The Labute approximate surface area is 175 Å². The second kappa shape index (κ2) is 9.47. The molecule has 0 unspecified atom stereocenters. The monoisotopic (exact) mass is 407 g/mol. The number of carbonyl (C=O) groups is 1. The van der Waals surface area contributed by atoms with Gasteiger partial charge in [-0.25, -0.2) is 9.97 Å². The van der Waals surface area contributed by atoms with Gasteiger partial charge in [-0.3, -0.25) is 4.79 Å². The Balaban J connectivity index is 1.28. The first-order valence-corrected chi connectivity index (χ1v) is 10.2. The van der Waals surface area contributed by atoms with Crippen LogP contribution in [0.2, 0.25) is 0 Å². The number of aromatic nitrogens is 4. The fraction of sp³-hybridized carbons (Fsp3) is 0.409. The summed E-state index contributed by atoms with van der Waals surface area (Å²) in [6.45, 7) is 1.53. The molecule has 2 aromatic heterocycles. The van der Waals surface area contributed by atoms with Gasteiger partial charge in [0.15, 0.2) is 0 Å². The quantitative estimate of drug-likeness (QED) is 0.593. The first-order valence-electron chi connectivity index (χ1n) is 10.2. The number of carbonyl (C=O) groups excluding carboxylic acids is 1. The molecular formula is C22H25N5O3. The molecule has 4 rings (SSSR count). The van der Waals surface area contributed by atoms with E-state index in [1.807, 2.05) is 35.2 Å². The zero-order valence-corrected chi connectivity index (χ0v) is 17.0. The van der Waals surface area contributed by atoms with Gasteiger partial charge in [0.2, 0.25) is 17.6 Å². The lowest BCUT2D eigenvalue weighted by molar-refractivity contribution is -0.132. The lowest BCUT2D eigenvalue weighted by Crippen LogP contribution is -2.39. The van der Waals surface area contributed by atoms with E-state index in [9.17, 15) is 4.79 Å². The maximum absolute atomic E-state index is 12.7. The van der Waals surface area contributed by atoms with Crippen LogP contribution in [0.1, 0.15) is 43.2 Å². The van der Waals surface area contributed by atoms with Crippen LogP contribution in [0.25, 0.3) is 11.4 Å². The number of aryl methyl sites for hydroxylation is 1. The number of rotatable bonds is 7. The Morgan fingerprint density at radius 1 is 1.33 bits per heavy atom. The molecule has 0 saturated carbocycles. The van der Waals surface area contributed by atoms with E-state index in [4.69, 9.17) is 9.26 Å². The van der Waals surface area contributed by atoms with Crippen molar-refractivity contribution in [1.29, 1.82) is 0 Å². The summed E-state index contributed by atoms with van der Waals surface area (Å²) in [5, 5.41) is 4.04. The number of benzene rings is 1. The van der Waals surface area contributed by atoms with Crippen molar-refractivity contribution in [3.63, 3.8) is 0 Å². The fourth-order valence-corrected chi connectivity index (χ4v) is 3.77. The van der Waals surface area contributed by atoms with Crippen LogP contribution in [0.5, 0.6) is 5.75 Å². The number of methoxy groups -OCH3 is 1. The van der Waals surface area contributed by atoms with Crippen molar-refractivity contribution in [2.24, 2.45) is 0 Å². The second-order valence-corrected chi connectivity index (χ2v) is 7.41. The Bertz CT molecular complexity index is 976. The average molecular weight is 407 g/mol. The molecule has 1 amide bonds. The molecule has 0 spiro atoms. The van der Waals surface area contributed by atoms with E-state index in [0.717, 1.165) is 42.9 Å². The lowest BCUT2D eigenvalue weighted by Gasteiger charge is -2.32. The Hall–Kier alpha value is -3.29. The second-order valence-electron chi connectivity index (χ2n) is 7.41. The summed E-state index contributed by atoms with van der Waals surface area (Å²) >= 11 is 0. The van der Waals surface area contributed by atoms with Crippen molar-refractivity contribution in [3.05, 3.63) is 54.4 Å². The minimum atomic E-state index is 0.168. The number of hydrogen-bond acceptors (Lipinski definition) is 7. The fourth-order valence-electron chi connectivity index (χ4n) is 3.77. The molecule has 156 valence electrons. The van der Waals surface area contributed by atoms with E-state index in [2.05, 4.69) is 20.1 Å². The third kappa shape index (κ3) is 4.82. The van der Waals surface area contributed by atoms with Crippen LogP contribution >= 0.6 is 0 Å². The third-order valence-corrected chi connectivity index (χ3v) is 5.37. The molecule has 8 nitrogen and oxygen atoms in total. The molecular weight excluding hydrogens is 382 g/mol. The summed E-state index contributed by atoms with van der Waals surface area (Å²) in [6.07, 6.45) is 7.09. The van der Waals surface area contributed by atoms with Crippen molar-refractivity contribution in [2.75, 3.05) is 20.2 Å². The summed E-state index contributed by atoms with van der Waals surface area (Å²) in [4.78, 5) is 27.4. The van der Waals surface area contributed by atoms with Crippen LogP contribution in [0.4, 0.5) is 0 Å². The van der Waals surface area contributed by atoms with Gasteiger partial charge in [0, 0.05) is 49.3 Å². The molecule has 1 aliphatic rings. The number of hydrogen-bond donors (Lipinski definition) is 0. The topological polar surface area (TPSA) is 94.2 Å². The number of ether oxygens (including phenoxy) is 1. The third-order valence-electron chi connectivity index (χ3n) is 5.37. The van der Waals surface area contributed by atoms with Gasteiger partial charge in [-0.15, -0.1) is 0 Å². The van der Waals surface area contributed by atoms with Crippen molar-refractivity contribution < 1.29 is 14.1 Å². The standard InChI is InChI=1S/C22H25N5O3/c1-29-18-7-2-5-16(13-18)22-25-20(30-26-22)8-3-9-21(28)27-12-4-6-17(14-27)19-10-11-23-15-24-19/h2,5,7,10-11,13,15,17H,3-4,6,8-9,12,14H2,1H3/t17-/m1/s1. The Morgan fingerprint density at radius 3 is 3.10 bits per heavy atom. The molecule has 0 N–H and O–H groups in total. The van der Waals surface area contributed by atoms with Gasteiger partial charge < -0.3 is 14.2 Å². The van der Waals surface area contributed by atoms with Crippen molar-refractivity contribution in [2.45, 2.75) is 38.0 Å². The highest BCUT2D eigenvalue weighted by Gasteiger charge is 2.25. The molecule has 1 atom stereocenters. The largest absolute Gasteiger partial charge is 0.497 e. The minimum Gasteiger partial charge on any atom is -0.497 e. The van der Waals surface area contributed by atoms with Gasteiger partial charge in [0.05, 0.1) is 7.11 Å².